The minimum Gasteiger partial charge on any atom is -0.373 e. The summed E-state index contributed by atoms with van der Waals surface area (Å²) < 4.78 is 7.93. The Morgan fingerprint density at radius 3 is 2.73 bits per heavy atom. The maximum absolute atomic E-state index is 5.98. The zero-order valence-corrected chi connectivity index (χ0v) is 15.5. The van der Waals surface area contributed by atoms with Gasteiger partial charge in [0.25, 0.3) is 0 Å². The van der Waals surface area contributed by atoms with E-state index in [1.54, 1.807) is 6.33 Å². The quantitative estimate of drug-likeness (QED) is 0.775. The first-order chi connectivity index (χ1) is 12.5. The van der Waals surface area contributed by atoms with Crippen LogP contribution in [0.2, 0.25) is 0 Å². The van der Waals surface area contributed by atoms with E-state index in [4.69, 9.17) is 4.74 Å². The lowest BCUT2D eigenvalue weighted by Crippen LogP contribution is -2.30. The molecular weight excluding hydrogens is 326 g/mol. The van der Waals surface area contributed by atoms with Crippen molar-refractivity contribution in [2.24, 2.45) is 0 Å². The van der Waals surface area contributed by atoms with Crippen molar-refractivity contribution in [3.63, 3.8) is 0 Å². The van der Waals surface area contributed by atoms with Gasteiger partial charge in [-0.1, -0.05) is 30.3 Å². The molecule has 1 saturated heterocycles. The first-order valence-corrected chi connectivity index (χ1v) is 9.14. The van der Waals surface area contributed by atoms with Gasteiger partial charge in [0.1, 0.15) is 12.1 Å². The second kappa shape index (κ2) is 6.68. The Kier molecular flexibility index (Phi) is 4.36. The molecule has 3 aromatic rings. The van der Waals surface area contributed by atoms with Crippen molar-refractivity contribution in [2.45, 2.75) is 51.3 Å². The van der Waals surface area contributed by atoms with Crippen molar-refractivity contribution in [2.75, 3.05) is 11.9 Å². The fourth-order valence-corrected chi connectivity index (χ4v) is 3.47. The highest BCUT2D eigenvalue weighted by Crippen LogP contribution is 2.31. The lowest BCUT2D eigenvalue weighted by molar-refractivity contribution is 0.00976. The molecule has 2 aromatic heterocycles. The van der Waals surface area contributed by atoms with Crippen LogP contribution in [0.5, 0.6) is 0 Å². The van der Waals surface area contributed by atoms with Crippen LogP contribution in [0.4, 0.5) is 5.82 Å². The van der Waals surface area contributed by atoms with E-state index < -0.39 is 0 Å². The lowest BCUT2D eigenvalue weighted by Gasteiger charge is -2.30. The summed E-state index contributed by atoms with van der Waals surface area (Å²) in [5.74, 6) is 0.851. The van der Waals surface area contributed by atoms with Crippen molar-refractivity contribution >= 4 is 16.9 Å². The van der Waals surface area contributed by atoms with Crippen LogP contribution in [0.1, 0.15) is 45.3 Å². The summed E-state index contributed by atoms with van der Waals surface area (Å²) in [4.78, 5) is 8.93. The highest BCUT2D eigenvalue weighted by molar-refractivity contribution is 5.86. The van der Waals surface area contributed by atoms with Gasteiger partial charge in [-0.15, -0.1) is 0 Å². The maximum Gasteiger partial charge on any atom is 0.163 e. The number of nitrogens with zero attached hydrogens (tertiary/aromatic N) is 4. The van der Waals surface area contributed by atoms with Gasteiger partial charge >= 0.3 is 0 Å². The molecule has 1 aromatic carbocycles. The molecule has 0 saturated carbocycles. The summed E-state index contributed by atoms with van der Waals surface area (Å²) in [6.07, 6.45) is 5.47. The SMILES string of the molecule is CC(C)(C)n1ncc2c(NC3CCOC(c4ccccc4)C3)ncnc21. The molecule has 0 amide bonds. The van der Waals surface area contributed by atoms with Crippen molar-refractivity contribution in [1.29, 1.82) is 0 Å². The van der Waals surface area contributed by atoms with E-state index >= 15 is 0 Å². The molecule has 136 valence electrons. The molecule has 1 aliphatic heterocycles. The first kappa shape index (κ1) is 17.0. The average Bonchev–Trinajstić information content (AvgIpc) is 3.08. The largest absolute Gasteiger partial charge is 0.373 e. The van der Waals surface area contributed by atoms with Crippen LogP contribution in [-0.4, -0.2) is 32.4 Å². The first-order valence-electron chi connectivity index (χ1n) is 9.14. The van der Waals surface area contributed by atoms with E-state index in [9.17, 15) is 0 Å². The van der Waals surface area contributed by atoms with E-state index in [2.05, 4.69) is 65.4 Å². The molecule has 1 aliphatic rings. The Labute approximate surface area is 153 Å². The Balaban J connectivity index is 1.56. The van der Waals surface area contributed by atoms with Crippen LogP contribution < -0.4 is 5.32 Å². The van der Waals surface area contributed by atoms with Crippen LogP contribution >= 0.6 is 0 Å². The number of aromatic nitrogens is 4. The molecule has 0 spiro atoms. The van der Waals surface area contributed by atoms with Gasteiger partial charge in [0, 0.05) is 12.6 Å². The Morgan fingerprint density at radius 1 is 1.15 bits per heavy atom. The van der Waals surface area contributed by atoms with Crippen molar-refractivity contribution in [1.82, 2.24) is 19.7 Å². The number of benzene rings is 1. The lowest BCUT2D eigenvalue weighted by atomic mass is 9.97. The fourth-order valence-electron chi connectivity index (χ4n) is 3.47. The number of nitrogens with one attached hydrogen (secondary N) is 1. The van der Waals surface area contributed by atoms with Crippen LogP contribution in [0.3, 0.4) is 0 Å². The molecule has 6 nitrogen and oxygen atoms in total. The summed E-state index contributed by atoms with van der Waals surface area (Å²) in [7, 11) is 0. The van der Waals surface area contributed by atoms with Crippen LogP contribution in [0.25, 0.3) is 11.0 Å². The smallest absolute Gasteiger partial charge is 0.163 e. The summed E-state index contributed by atoms with van der Waals surface area (Å²) in [6.45, 7) is 7.11. The Morgan fingerprint density at radius 2 is 1.96 bits per heavy atom. The number of hydrogen-bond acceptors (Lipinski definition) is 5. The zero-order valence-electron chi connectivity index (χ0n) is 15.5. The van der Waals surface area contributed by atoms with Gasteiger partial charge in [-0.3, -0.25) is 0 Å². The van der Waals surface area contributed by atoms with Crippen LogP contribution in [0, 0.1) is 0 Å². The van der Waals surface area contributed by atoms with E-state index in [0.717, 1.165) is 36.3 Å². The van der Waals surface area contributed by atoms with Gasteiger partial charge in [-0.05, 0) is 39.2 Å². The molecule has 3 heterocycles. The van der Waals surface area contributed by atoms with Gasteiger partial charge in [0.15, 0.2) is 5.65 Å². The van der Waals surface area contributed by atoms with Gasteiger partial charge in [-0.25, -0.2) is 14.6 Å². The van der Waals surface area contributed by atoms with E-state index in [-0.39, 0.29) is 11.6 Å². The molecule has 2 unspecified atom stereocenters. The maximum atomic E-state index is 5.98. The number of ether oxygens (including phenoxy) is 1. The highest BCUT2D eigenvalue weighted by Gasteiger charge is 2.25. The average molecular weight is 351 g/mol. The Hall–Kier alpha value is -2.47. The molecule has 0 bridgehead atoms. The van der Waals surface area contributed by atoms with Gasteiger partial charge in [0.05, 0.1) is 23.2 Å². The van der Waals surface area contributed by atoms with E-state index in [0.29, 0.717) is 6.04 Å². The summed E-state index contributed by atoms with van der Waals surface area (Å²) in [5, 5.41) is 9.10. The second-order valence-corrected chi connectivity index (χ2v) is 7.82. The number of fused-ring (bicyclic) bond motifs is 1. The molecule has 2 atom stereocenters. The normalized spacial score (nSPS) is 21.0. The predicted octanol–water partition coefficient (Wildman–Crippen LogP) is 3.91. The minimum atomic E-state index is -0.121. The van der Waals surface area contributed by atoms with Crippen LogP contribution in [0.15, 0.2) is 42.9 Å². The molecule has 4 rings (SSSR count). The standard InChI is InChI=1S/C20H25N5O/c1-20(2,3)25-19-16(12-23-25)18(21-13-22-19)24-15-9-10-26-17(11-15)14-7-5-4-6-8-14/h4-8,12-13,15,17H,9-11H2,1-3H3,(H,21,22,24). The minimum absolute atomic E-state index is 0.121. The van der Waals surface area contributed by atoms with Gasteiger partial charge < -0.3 is 10.1 Å². The fraction of sp³-hybridized carbons (Fsp3) is 0.450. The molecule has 26 heavy (non-hydrogen) atoms. The van der Waals surface area contributed by atoms with Crippen LogP contribution in [-0.2, 0) is 10.3 Å². The number of hydrogen-bond donors (Lipinski definition) is 1. The molecule has 1 N–H and O–H groups in total. The van der Waals surface area contributed by atoms with Crippen molar-refractivity contribution in [3.8, 4) is 0 Å². The third-order valence-electron chi connectivity index (χ3n) is 4.80. The van der Waals surface area contributed by atoms with Gasteiger partial charge in [-0.2, -0.15) is 5.10 Å². The third kappa shape index (κ3) is 3.29. The molecule has 0 aliphatic carbocycles. The monoisotopic (exact) mass is 351 g/mol. The third-order valence-corrected chi connectivity index (χ3v) is 4.80. The number of rotatable bonds is 3. The van der Waals surface area contributed by atoms with Crippen molar-refractivity contribution in [3.05, 3.63) is 48.4 Å². The van der Waals surface area contributed by atoms with E-state index in [1.807, 2.05) is 16.9 Å². The van der Waals surface area contributed by atoms with E-state index in [1.165, 1.54) is 5.56 Å². The van der Waals surface area contributed by atoms with Gasteiger partial charge in [0.2, 0.25) is 0 Å². The second-order valence-electron chi connectivity index (χ2n) is 7.82. The molecule has 1 fully saturated rings. The molecule has 6 heteroatoms. The zero-order chi connectivity index (χ0) is 18.1. The highest BCUT2D eigenvalue weighted by atomic mass is 16.5. The predicted molar refractivity (Wildman–Crippen MR) is 102 cm³/mol. The topological polar surface area (TPSA) is 64.9 Å². The summed E-state index contributed by atoms with van der Waals surface area (Å²) in [5.41, 5.74) is 1.97. The Bertz CT molecular complexity index is 884. The van der Waals surface area contributed by atoms with Crippen molar-refractivity contribution < 1.29 is 4.74 Å². The summed E-state index contributed by atoms with van der Waals surface area (Å²) >= 11 is 0. The summed E-state index contributed by atoms with van der Waals surface area (Å²) in [6, 6.07) is 10.7. The molecular formula is C20H25N5O. The molecule has 0 radical (unpaired) electrons. The number of anilines is 1.